The minimum atomic E-state index is 0.306. The molecule has 0 aromatic rings. The molecule has 0 spiro atoms. The summed E-state index contributed by atoms with van der Waals surface area (Å²) in [5, 5.41) is 0. The summed E-state index contributed by atoms with van der Waals surface area (Å²) in [6, 6.07) is 0. The van der Waals surface area contributed by atoms with Crippen LogP contribution in [0.15, 0.2) is 0 Å². The fourth-order valence-corrected chi connectivity index (χ4v) is 0.515. The lowest BCUT2D eigenvalue weighted by atomic mass is 10.8. The van der Waals surface area contributed by atoms with Crippen LogP contribution in [0.4, 0.5) is 0 Å². The van der Waals surface area contributed by atoms with Crippen molar-refractivity contribution in [3.8, 4) is 0 Å². The SMILES string of the molecule is CCOCN(C=O)COCC. The first kappa shape index (κ1) is 10.4. The van der Waals surface area contributed by atoms with Gasteiger partial charge in [-0.1, -0.05) is 0 Å². The average molecular weight is 161 g/mol. The van der Waals surface area contributed by atoms with E-state index in [0.29, 0.717) is 33.1 Å². The largest absolute Gasteiger partial charge is 0.361 e. The van der Waals surface area contributed by atoms with Gasteiger partial charge < -0.3 is 9.47 Å². The van der Waals surface area contributed by atoms with E-state index in [4.69, 9.17) is 9.47 Å². The van der Waals surface area contributed by atoms with Gasteiger partial charge in [0.1, 0.15) is 13.5 Å². The highest BCUT2D eigenvalue weighted by atomic mass is 16.5. The normalized spacial score (nSPS) is 9.64. The van der Waals surface area contributed by atoms with Crippen LogP contribution in [0.25, 0.3) is 0 Å². The Morgan fingerprint density at radius 3 is 1.91 bits per heavy atom. The molecule has 66 valence electrons. The highest BCUT2D eigenvalue weighted by molar-refractivity contribution is 5.46. The Hall–Kier alpha value is -0.610. The number of ether oxygens (including phenoxy) is 2. The Bertz CT molecular complexity index is 89.7. The minimum absolute atomic E-state index is 0.306. The molecule has 4 heteroatoms. The van der Waals surface area contributed by atoms with Crippen LogP contribution in [-0.2, 0) is 14.3 Å². The molecule has 0 bridgehead atoms. The Kier molecular flexibility index (Phi) is 7.08. The lowest BCUT2D eigenvalue weighted by Crippen LogP contribution is -2.27. The maximum Gasteiger partial charge on any atom is 0.213 e. The minimum Gasteiger partial charge on any atom is -0.361 e. The molecule has 1 amide bonds. The summed E-state index contributed by atoms with van der Waals surface area (Å²) < 4.78 is 10.00. The molecule has 0 aromatic carbocycles. The number of carbonyl (C=O) groups is 1. The van der Waals surface area contributed by atoms with Gasteiger partial charge in [-0.05, 0) is 13.8 Å². The summed E-state index contributed by atoms with van der Waals surface area (Å²) in [6.07, 6.45) is 0.714. The monoisotopic (exact) mass is 161 g/mol. The van der Waals surface area contributed by atoms with Crippen molar-refractivity contribution in [1.29, 1.82) is 0 Å². The zero-order chi connectivity index (χ0) is 8.53. The van der Waals surface area contributed by atoms with E-state index < -0.39 is 0 Å². The van der Waals surface area contributed by atoms with Crippen LogP contribution in [0, 0.1) is 0 Å². The Morgan fingerprint density at radius 2 is 1.64 bits per heavy atom. The third-order valence-corrected chi connectivity index (χ3v) is 1.07. The summed E-state index contributed by atoms with van der Waals surface area (Å²) in [6.45, 7) is 5.58. The molecule has 0 fully saturated rings. The van der Waals surface area contributed by atoms with Crippen LogP contribution < -0.4 is 0 Å². The van der Waals surface area contributed by atoms with Gasteiger partial charge in [0, 0.05) is 13.2 Å². The molecule has 0 heterocycles. The molecule has 0 aliphatic rings. The second-order valence-electron chi connectivity index (χ2n) is 1.94. The summed E-state index contributed by atoms with van der Waals surface area (Å²) in [5.41, 5.74) is 0. The second kappa shape index (κ2) is 7.50. The van der Waals surface area contributed by atoms with Gasteiger partial charge in [-0.2, -0.15) is 0 Å². The fraction of sp³-hybridized carbons (Fsp3) is 0.857. The van der Waals surface area contributed by atoms with Crippen molar-refractivity contribution in [2.75, 3.05) is 26.7 Å². The van der Waals surface area contributed by atoms with E-state index >= 15 is 0 Å². The van der Waals surface area contributed by atoms with Crippen molar-refractivity contribution in [2.45, 2.75) is 13.8 Å². The molecule has 0 N–H and O–H groups in total. The van der Waals surface area contributed by atoms with Gasteiger partial charge in [0.25, 0.3) is 0 Å². The van der Waals surface area contributed by atoms with E-state index in [1.807, 2.05) is 13.8 Å². The summed E-state index contributed by atoms with van der Waals surface area (Å²) >= 11 is 0. The van der Waals surface area contributed by atoms with Crippen molar-refractivity contribution >= 4 is 6.41 Å². The number of hydrogen-bond donors (Lipinski definition) is 0. The number of amides is 1. The Balaban J connectivity index is 3.33. The van der Waals surface area contributed by atoms with Gasteiger partial charge in [-0.25, -0.2) is 0 Å². The maximum absolute atomic E-state index is 10.3. The molecular formula is C7H15NO3. The third-order valence-electron chi connectivity index (χ3n) is 1.07. The smallest absolute Gasteiger partial charge is 0.213 e. The highest BCUT2D eigenvalue weighted by Gasteiger charge is 1.98. The number of nitrogens with zero attached hydrogens (tertiary/aromatic N) is 1. The van der Waals surface area contributed by atoms with Crippen molar-refractivity contribution in [3.05, 3.63) is 0 Å². The van der Waals surface area contributed by atoms with E-state index in [2.05, 4.69) is 0 Å². The first-order valence-electron chi connectivity index (χ1n) is 3.70. The zero-order valence-electron chi connectivity index (χ0n) is 7.08. The Morgan fingerprint density at radius 1 is 1.18 bits per heavy atom. The molecule has 0 unspecified atom stereocenters. The lowest BCUT2D eigenvalue weighted by Gasteiger charge is -2.15. The van der Waals surface area contributed by atoms with E-state index in [9.17, 15) is 4.79 Å². The number of hydrogen-bond acceptors (Lipinski definition) is 3. The van der Waals surface area contributed by atoms with Crippen LogP contribution in [0.1, 0.15) is 13.8 Å². The average Bonchev–Trinajstić information content (AvgIpc) is 2.05. The molecule has 4 nitrogen and oxygen atoms in total. The molecule has 0 rings (SSSR count). The van der Waals surface area contributed by atoms with E-state index in [1.165, 1.54) is 4.90 Å². The molecule has 0 aliphatic carbocycles. The van der Waals surface area contributed by atoms with Gasteiger partial charge in [0.15, 0.2) is 0 Å². The fourth-order valence-electron chi connectivity index (χ4n) is 0.515. The van der Waals surface area contributed by atoms with Gasteiger partial charge in [-0.3, -0.25) is 9.69 Å². The van der Waals surface area contributed by atoms with E-state index in [1.54, 1.807) is 0 Å². The second-order valence-corrected chi connectivity index (χ2v) is 1.94. The molecule has 11 heavy (non-hydrogen) atoms. The quantitative estimate of drug-likeness (QED) is 0.401. The van der Waals surface area contributed by atoms with Crippen LogP contribution in [0.2, 0.25) is 0 Å². The maximum atomic E-state index is 10.3. The van der Waals surface area contributed by atoms with Crippen molar-refractivity contribution in [1.82, 2.24) is 4.90 Å². The molecule has 0 aromatic heterocycles. The molecule has 0 radical (unpaired) electrons. The Labute approximate surface area is 67.1 Å². The number of rotatable bonds is 7. The standard InChI is InChI=1S/C7H15NO3/c1-3-10-6-8(5-9)7-11-4-2/h5H,3-4,6-7H2,1-2H3. The predicted octanol–water partition coefficient (Wildman–Crippen LogP) is 0.433. The highest BCUT2D eigenvalue weighted by Crippen LogP contribution is 1.85. The van der Waals surface area contributed by atoms with Crippen LogP contribution in [0.5, 0.6) is 0 Å². The predicted molar refractivity (Wildman–Crippen MR) is 40.9 cm³/mol. The van der Waals surface area contributed by atoms with Crippen LogP contribution >= 0.6 is 0 Å². The molecule has 0 saturated carbocycles. The van der Waals surface area contributed by atoms with Crippen molar-refractivity contribution in [2.24, 2.45) is 0 Å². The first-order chi connectivity index (χ1) is 5.35. The van der Waals surface area contributed by atoms with Crippen molar-refractivity contribution in [3.63, 3.8) is 0 Å². The van der Waals surface area contributed by atoms with E-state index in [0.717, 1.165) is 0 Å². The van der Waals surface area contributed by atoms with E-state index in [-0.39, 0.29) is 0 Å². The van der Waals surface area contributed by atoms with Gasteiger partial charge in [-0.15, -0.1) is 0 Å². The molecule has 0 atom stereocenters. The third kappa shape index (κ3) is 5.82. The molecule has 0 aliphatic heterocycles. The van der Waals surface area contributed by atoms with Crippen LogP contribution in [0.3, 0.4) is 0 Å². The van der Waals surface area contributed by atoms with Gasteiger partial charge in [0.05, 0.1) is 0 Å². The molecular weight excluding hydrogens is 146 g/mol. The number of carbonyl (C=O) groups excluding carboxylic acids is 1. The van der Waals surface area contributed by atoms with Crippen LogP contribution in [-0.4, -0.2) is 38.0 Å². The molecule has 0 saturated heterocycles. The van der Waals surface area contributed by atoms with Gasteiger partial charge >= 0.3 is 0 Å². The topological polar surface area (TPSA) is 38.8 Å². The van der Waals surface area contributed by atoms with Crippen molar-refractivity contribution < 1.29 is 14.3 Å². The lowest BCUT2D eigenvalue weighted by molar-refractivity contribution is -0.130. The summed E-state index contributed by atoms with van der Waals surface area (Å²) in [7, 11) is 0. The van der Waals surface area contributed by atoms with Gasteiger partial charge in [0.2, 0.25) is 6.41 Å². The first-order valence-corrected chi connectivity index (χ1v) is 3.70. The summed E-state index contributed by atoms with van der Waals surface area (Å²) in [4.78, 5) is 11.7. The summed E-state index contributed by atoms with van der Waals surface area (Å²) in [5.74, 6) is 0. The zero-order valence-corrected chi connectivity index (χ0v) is 7.08.